The van der Waals surface area contributed by atoms with Gasteiger partial charge >= 0.3 is 50.3 Å². The molecule has 41 heteroatoms. The number of carboxylic acid groups (broad SMARTS) is 6. The number of carbonyl (C=O) groups excluding carboxylic acids is 6. The van der Waals surface area contributed by atoms with Gasteiger partial charge in [-0.2, -0.15) is 0 Å². The van der Waals surface area contributed by atoms with Crippen molar-refractivity contribution in [2.45, 2.75) is 0 Å². The molecule has 0 atom stereocenters. The van der Waals surface area contributed by atoms with E-state index in [1.807, 2.05) is 24.3 Å². The Morgan fingerprint density at radius 3 is 0.621 bits per heavy atom. The third-order valence-corrected chi connectivity index (χ3v) is 8.35. The normalized spacial score (nSPS) is 7.72. The number of rotatable bonds is 14. The van der Waals surface area contributed by atoms with Crippen LogP contribution in [0, 0.1) is 0 Å². The average Bonchev–Trinajstić information content (AvgIpc) is 3.31. The van der Waals surface area contributed by atoms with Crippen molar-refractivity contribution in [1.82, 2.24) is 19.9 Å². The Hall–Kier alpha value is -8.66. The third-order valence-electron chi connectivity index (χ3n) is 8.35. The molecule has 0 aliphatic carbocycles. The number of benzene rings is 4. The number of aliphatic carboxylic acids is 4. The zero-order valence-corrected chi connectivity index (χ0v) is 48.1. The van der Waals surface area contributed by atoms with Gasteiger partial charge < -0.3 is 177 Å². The second-order valence-electron chi connectivity index (χ2n) is 13.0. The quantitative estimate of drug-likeness (QED) is 0.0720. The van der Waals surface area contributed by atoms with Gasteiger partial charge in [0.1, 0.15) is 49.4 Å². The van der Waals surface area contributed by atoms with Crippen LogP contribution in [0.15, 0.2) is 134 Å². The minimum atomic E-state index is -1.56. The average molecular weight is 1410 g/mol. The first-order chi connectivity index (χ1) is 31.7. The molecule has 8 aromatic rings. The molecule has 0 amide bonds. The fraction of sp³-hybridized carbons (Fsp3) is 0.0870. The molecule has 8 rings (SSSR count). The maximum atomic E-state index is 10.7. The van der Waals surface area contributed by atoms with E-state index in [1.165, 1.54) is 0 Å². The Morgan fingerprint density at radius 1 is 0.299 bits per heavy atom. The van der Waals surface area contributed by atoms with Gasteiger partial charge in [0.05, 0.1) is 57.9 Å². The SMILES string of the molecule is O.O.O.O.O=C([O-])COc1cc(OCC(=O)[O-])cc(C(=O)[O-])c1.O=C([O-])COc1cc(OCC(=O)[O-])cc(C(=O)[O-])c1.[Co+2].[Co+2].[Co+2].[OH3+].[OH3+].[OH3+].[OH3+].[OH3+].[OH3+].[OH3+].[OH3+].[OH3+].[OH3+].[OH3+].[OH3+].[OH3+].[OH3+].c1cnc2c(c1)ccc1cccnc12.c1cnc2c(c1)ccc1cccnc12. The molecule has 4 aromatic carbocycles. The van der Waals surface area contributed by atoms with E-state index < -0.39 is 62.2 Å². The van der Waals surface area contributed by atoms with Crippen LogP contribution in [0.25, 0.3) is 43.6 Å². The van der Waals surface area contributed by atoms with E-state index in [2.05, 4.69) is 68.5 Å². The fourth-order valence-electron chi connectivity index (χ4n) is 5.64. The number of ether oxygens (including phenoxy) is 4. The number of aromatic carboxylic acids is 2. The van der Waals surface area contributed by atoms with Crippen LogP contribution in [-0.4, -0.2) is 104 Å². The molecule has 0 aliphatic rings. The van der Waals surface area contributed by atoms with Crippen LogP contribution in [0.1, 0.15) is 20.7 Å². The minimum Gasteiger partial charge on any atom is -0.546 e. The molecule has 38 nitrogen and oxygen atoms in total. The molecule has 4 aromatic heterocycles. The largest absolute Gasteiger partial charge is 2.00 e. The van der Waals surface area contributed by atoms with Gasteiger partial charge in [0.25, 0.3) is 0 Å². The number of hydrogen-bond acceptors (Lipinski definition) is 20. The molecule has 87 heavy (non-hydrogen) atoms. The van der Waals surface area contributed by atoms with Gasteiger partial charge in [-0.3, -0.25) is 19.9 Å². The van der Waals surface area contributed by atoms with Crippen LogP contribution in [0.3, 0.4) is 0 Å². The second-order valence-corrected chi connectivity index (χ2v) is 13.0. The first kappa shape index (κ1) is 125. The first-order valence-corrected chi connectivity index (χ1v) is 18.9. The minimum absolute atomic E-state index is 0. The Bertz CT molecular complexity index is 2720. The van der Waals surface area contributed by atoms with Crippen molar-refractivity contribution < 1.29 is 227 Å². The molecule has 0 aliphatic heterocycles. The fourth-order valence-corrected chi connectivity index (χ4v) is 5.64. The molecule has 0 saturated carbocycles. The van der Waals surface area contributed by atoms with Crippen molar-refractivity contribution in [3.05, 3.63) is 145 Å². The van der Waals surface area contributed by atoms with Crippen LogP contribution in [0.2, 0.25) is 0 Å². The third kappa shape index (κ3) is 39.6. The summed E-state index contributed by atoms with van der Waals surface area (Å²) in [6.07, 6.45) is 7.21. The standard InChI is InChI=1S/2C12H8N2.2C11H10O8.3Co.18H2O/c2*1-3-9-5-6-10-4-2-8-14-12(10)11(9)13-7-1;2*12-9(13)4-18-7-1-6(11(16)17)2-8(3-7)19-5-10(14)15;;;;;;;;;;;;;;;;;;;;;/h2*1-8H;2*1-3H,4-5H2,(H,12,13)(H,14,15)(H,16,17);;;;18*1H2/q;;;;3*+2;;;;;;;;;;;;;;;;;;/p+8. The summed E-state index contributed by atoms with van der Waals surface area (Å²) in [6, 6.07) is 30.5. The van der Waals surface area contributed by atoms with Gasteiger partial charge in [-0.05, 0) is 48.5 Å². The Balaban J connectivity index is -0.0000000465. The maximum absolute atomic E-state index is 10.7. The van der Waals surface area contributed by atoms with E-state index >= 15 is 0 Å². The predicted octanol–water partition coefficient (Wildman–Crippen LogP) is -18.0. The Morgan fingerprint density at radius 2 is 0.471 bits per heavy atom. The van der Waals surface area contributed by atoms with Crippen molar-refractivity contribution in [2.75, 3.05) is 26.4 Å². The van der Waals surface area contributed by atoms with E-state index in [1.54, 1.807) is 24.8 Å². The summed E-state index contributed by atoms with van der Waals surface area (Å²) in [5.41, 5.74) is 3.20. The second kappa shape index (κ2) is 61.9. The van der Waals surface area contributed by atoms with Gasteiger partial charge in [-0.25, -0.2) is 0 Å². The van der Waals surface area contributed by atoms with E-state index in [-0.39, 0.29) is 183 Å². The van der Waals surface area contributed by atoms with Gasteiger partial charge in [0, 0.05) is 69.6 Å². The summed E-state index contributed by atoms with van der Waals surface area (Å²) in [4.78, 5) is 79.6. The number of carboxylic acids is 6. The molecule has 0 unspecified atom stereocenters. The van der Waals surface area contributed by atoms with Crippen LogP contribution in [0.4, 0.5) is 0 Å². The monoisotopic (exact) mass is 1410 g/mol. The van der Waals surface area contributed by atoms with Gasteiger partial charge in [-0.15, -0.1) is 0 Å². The molecule has 0 bridgehead atoms. The Labute approximate surface area is 519 Å². The molecule has 0 saturated heterocycles. The van der Waals surface area contributed by atoms with Crippen molar-refractivity contribution in [3.8, 4) is 23.0 Å². The molecular formula is C46H80Co3N4O34+14. The van der Waals surface area contributed by atoms with Gasteiger partial charge in [0.2, 0.25) is 0 Å². The summed E-state index contributed by atoms with van der Waals surface area (Å²) in [5.74, 6) is -9.69. The zero-order chi connectivity index (χ0) is 47.6. The van der Waals surface area contributed by atoms with Gasteiger partial charge in [0.15, 0.2) is 0 Å². The summed E-state index contributed by atoms with van der Waals surface area (Å²) < 4.78 is 18.8. The molecular weight excluding hydrogens is 1330 g/mol. The number of pyridine rings is 4. The van der Waals surface area contributed by atoms with Crippen LogP contribution in [0.5, 0.6) is 23.0 Å². The topological polar surface area (TPSA) is 917 Å². The number of aromatic nitrogens is 4. The van der Waals surface area contributed by atoms with Crippen molar-refractivity contribution in [1.29, 1.82) is 0 Å². The van der Waals surface area contributed by atoms with Gasteiger partial charge in [-0.1, -0.05) is 48.5 Å². The molecule has 50 N–H and O–H groups in total. The molecule has 501 valence electrons. The summed E-state index contributed by atoms with van der Waals surface area (Å²) >= 11 is 0. The molecule has 4 heterocycles. The van der Waals surface area contributed by atoms with Crippen molar-refractivity contribution >= 4 is 79.4 Å². The molecule has 0 spiro atoms. The van der Waals surface area contributed by atoms with Crippen molar-refractivity contribution in [3.63, 3.8) is 0 Å². The smallest absolute Gasteiger partial charge is 0.546 e. The van der Waals surface area contributed by atoms with E-state index in [0.29, 0.717) is 0 Å². The summed E-state index contributed by atoms with van der Waals surface area (Å²) in [6.45, 7) is -3.18. The summed E-state index contributed by atoms with van der Waals surface area (Å²) in [7, 11) is 0. The van der Waals surface area contributed by atoms with Crippen LogP contribution < -0.4 is 49.6 Å². The first-order valence-electron chi connectivity index (χ1n) is 18.9. The van der Waals surface area contributed by atoms with Crippen LogP contribution >= 0.6 is 0 Å². The number of nitrogens with zero attached hydrogens (tertiary/aromatic N) is 4. The number of hydrogen-bond donors (Lipinski definition) is 0. The zero-order valence-electron chi connectivity index (χ0n) is 44.9. The van der Waals surface area contributed by atoms with Crippen LogP contribution in [-0.2, 0) is 146 Å². The molecule has 0 fully saturated rings. The maximum Gasteiger partial charge on any atom is 2.00 e. The summed E-state index contributed by atoms with van der Waals surface area (Å²) in [5, 5.41) is 66.8. The number of fused-ring (bicyclic) bond motifs is 6. The molecule has 3 radical (unpaired) electrons. The van der Waals surface area contributed by atoms with Crippen molar-refractivity contribution in [2.24, 2.45) is 0 Å². The van der Waals surface area contributed by atoms with E-state index in [0.717, 1.165) is 80.0 Å². The predicted molar refractivity (Wildman–Crippen MR) is 300 cm³/mol. The number of carbonyl (C=O) groups is 6. The van der Waals surface area contributed by atoms with E-state index in [9.17, 15) is 59.4 Å². The van der Waals surface area contributed by atoms with E-state index in [4.69, 9.17) is 18.9 Å². The Kier molecular flexibility index (Phi) is 88.6.